The quantitative estimate of drug-likeness (QED) is 0.860. The van der Waals surface area contributed by atoms with Crippen LogP contribution in [-0.2, 0) is 11.3 Å². The lowest BCUT2D eigenvalue weighted by Crippen LogP contribution is -2.54. The van der Waals surface area contributed by atoms with Crippen LogP contribution in [0.5, 0.6) is 0 Å². The number of carbonyl (C=O) groups is 1. The van der Waals surface area contributed by atoms with E-state index in [2.05, 4.69) is 45.9 Å². The molecular weight excluding hydrogens is 250 g/mol. The molecule has 1 amide bonds. The lowest BCUT2D eigenvalue weighted by atomic mass is 9.99. The van der Waals surface area contributed by atoms with E-state index in [1.165, 1.54) is 5.56 Å². The van der Waals surface area contributed by atoms with Crippen molar-refractivity contribution >= 4 is 5.91 Å². The van der Waals surface area contributed by atoms with Crippen LogP contribution in [0.15, 0.2) is 30.3 Å². The molecule has 4 nitrogen and oxygen atoms in total. The Morgan fingerprint density at radius 1 is 1.20 bits per heavy atom. The first kappa shape index (κ1) is 13.6. The van der Waals surface area contributed by atoms with Crippen LogP contribution >= 0.6 is 0 Å². The SMILES string of the molecule is O=C(NC1CCN(Cc2ccccc2)CC1)C1CNC1. The Balaban J connectivity index is 1.41. The molecule has 2 fully saturated rings. The standard InChI is InChI=1S/C16H23N3O/c20-16(14-10-17-11-14)18-15-6-8-19(9-7-15)12-13-4-2-1-3-5-13/h1-5,14-15,17H,6-12H2,(H,18,20). The summed E-state index contributed by atoms with van der Waals surface area (Å²) in [6, 6.07) is 11.0. The van der Waals surface area contributed by atoms with Gasteiger partial charge in [-0.3, -0.25) is 9.69 Å². The first-order chi connectivity index (χ1) is 9.81. The van der Waals surface area contributed by atoms with Crippen LogP contribution in [0.25, 0.3) is 0 Å². The summed E-state index contributed by atoms with van der Waals surface area (Å²) in [4.78, 5) is 14.4. The van der Waals surface area contributed by atoms with Crippen LogP contribution in [0.4, 0.5) is 0 Å². The molecule has 2 aliphatic heterocycles. The molecule has 2 heterocycles. The molecule has 1 aromatic rings. The lowest BCUT2D eigenvalue weighted by molar-refractivity contribution is -0.127. The van der Waals surface area contributed by atoms with E-state index in [9.17, 15) is 4.79 Å². The van der Waals surface area contributed by atoms with Crippen molar-refractivity contribution in [2.24, 2.45) is 5.92 Å². The average Bonchev–Trinajstić information content (AvgIpc) is 2.40. The van der Waals surface area contributed by atoms with Crippen molar-refractivity contribution in [2.45, 2.75) is 25.4 Å². The summed E-state index contributed by atoms with van der Waals surface area (Å²) in [5.74, 6) is 0.447. The number of rotatable bonds is 4. The number of piperidine rings is 1. The van der Waals surface area contributed by atoms with Crippen molar-refractivity contribution in [2.75, 3.05) is 26.2 Å². The van der Waals surface area contributed by atoms with Gasteiger partial charge in [-0.1, -0.05) is 30.3 Å². The van der Waals surface area contributed by atoms with Gasteiger partial charge in [0, 0.05) is 38.8 Å². The summed E-state index contributed by atoms with van der Waals surface area (Å²) in [5, 5.41) is 6.34. The van der Waals surface area contributed by atoms with Crippen LogP contribution in [0, 0.1) is 5.92 Å². The van der Waals surface area contributed by atoms with Gasteiger partial charge < -0.3 is 10.6 Å². The minimum atomic E-state index is 0.206. The third kappa shape index (κ3) is 3.38. The summed E-state index contributed by atoms with van der Waals surface area (Å²) in [6.07, 6.45) is 2.14. The van der Waals surface area contributed by atoms with Crippen molar-refractivity contribution in [3.63, 3.8) is 0 Å². The number of amides is 1. The van der Waals surface area contributed by atoms with Gasteiger partial charge in [0.05, 0.1) is 5.92 Å². The average molecular weight is 273 g/mol. The molecule has 2 aliphatic rings. The third-order valence-corrected chi connectivity index (χ3v) is 4.34. The van der Waals surface area contributed by atoms with Crippen molar-refractivity contribution in [3.05, 3.63) is 35.9 Å². The molecule has 2 N–H and O–H groups in total. The molecule has 1 aromatic carbocycles. The van der Waals surface area contributed by atoms with E-state index in [-0.39, 0.29) is 11.8 Å². The van der Waals surface area contributed by atoms with Gasteiger partial charge in [0.2, 0.25) is 5.91 Å². The smallest absolute Gasteiger partial charge is 0.225 e. The molecule has 0 radical (unpaired) electrons. The summed E-state index contributed by atoms with van der Waals surface area (Å²) < 4.78 is 0. The van der Waals surface area contributed by atoms with Crippen molar-refractivity contribution in [3.8, 4) is 0 Å². The molecule has 108 valence electrons. The highest BCUT2D eigenvalue weighted by Gasteiger charge is 2.28. The van der Waals surface area contributed by atoms with Gasteiger partial charge in [-0.15, -0.1) is 0 Å². The van der Waals surface area contributed by atoms with E-state index < -0.39 is 0 Å². The molecule has 2 saturated heterocycles. The second-order valence-electron chi connectivity index (χ2n) is 5.90. The van der Waals surface area contributed by atoms with E-state index in [4.69, 9.17) is 0 Å². The fraction of sp³-hybridized carbons (Fsp3) is 0.562. The first-order valence-electron chi connectivity index (χ1n) is 7.58. The number of nitrogens with one attached hydrogen (secondary N) is 2. The molecule has 4 heteroatoms. The highest BCUT2D eigenvalue weighted by atomic mass is 16.2. The Labute approximate surface area is 120 Å². The Bertz CT molecular complexity index is 436. The first-order valence-corrected chi connectivity index (χ1v) is 7.58. The molecule has 3 rings (SSSR count). The van der Waals surface area contributed by atoms with E-state index in [0.717, 1.165) is 45.6 Å². The molecule has 0 aromatic heterocycles. The normalized spacial score (nSPS) is 21.4. The number of carbonyl (C=O) groups excluding carboxylic acids is 1. The second-order valence-corrected chi connectivity index (χ2v) is 5.90. The lowest BCUT2D eigenvalue weighted by Gasteiger charge is -2.34. The van der Waals surface area contributed by atoms with Crippen molar-refractivity contribution in [1.29, 1.82) is 0 Å². The zero-order valence-electron chi connectivity index (χ0n) is 11.8. The molecule has 0 saturated carbocycles. The largest absolute Gasteiger partial charge is 0.353 e. The fourth-order valence-electron chi connectivity index (χ4n) is 2.87. The Kier molecular flexibility index (Phi) is 4.33. The summed E-state index contributed by atoms with van der Waals surface area (Å²) in [6.45, 7) is 4.86. The van der Waals surface area contributed by atoms with Gasteiger partial charge in [-0.2, -0.15) is 0 Å². The maximum absolute atomic E-state index is 11.9. The highest BCUT2D eigenvalue weighted by Crippen LogP contribution is 2.14. The van der Waals surface area contributed by atoms with Crippen LogP contribution in [0.3, 0.4) is 0 Å². The number of likely N-dealkylation sites (tertiary alicyclic amines) is 1. The molecule has 0 aliphatic carbocycles. The monoisotopic (exact) mass is 273 g/mol. The molecule has 0 atom stereocenters. The molecule has 0 spiro atoms. The topological polar surface area (TPSA) is 44.4 Å². The minimum Gasteiger partial charge on any atom is -0.353 e. The Hall–Kier alpha value is -1.39. The van der Waals surface area contributed by atoms with Gasteiger partial charge in [-0.25, -0.2) is 0 Å². The number of benzene rings is 1. The Morgan fingerprint density at radius 2 is 1.90 bits per heavy atom. The molecule has 20 heavy (non-hydrogen) atoms. The van der Waals surface area contributed by atoms with E-state index in [1.54, 1.807) is 0 Å². The highest BCUT2D eigenvalue weighted by molar-refractivity contribution is 5.80. The molecule has 0 unspecified atom stereocenters. The zero-order valence-corrected chi connectivity index (χ0v) is 11.8. The minimum absolute atomic E-state index is 0.206. The third-order valence-electron chi connectivity index (χ3n) is 4.34. The van der Waals surface area contributed by atoms with E-state index in [1.807, 2.05) is 0 Å². The van der Waals surface area contributed by atoms with Gasteiger partial charge in [0.1, 0.15) is 0 Å². The van der Waals surface area contributed by atoms with Gasteiger partial charge in [0.15, 0.2) is 0 Å². The van der Waals surface area contributed by atoms with Crippen molar-refractivity contribution in [1.82, 2.24) is 15.5 Å². The second kappa shape index (κ2) is 6.37. The Morgan fingerprint density at radius 3 is 2.50 bits per heavy atom. The predicted molar refractivity (Wildman–Crippen MR) is 79.2 cm³/mol. The van der Waals surface area contributed by atoms with Crippen LogP contribution in [0.2, 0.25) is 0 Å². The number of hydrogen-bond donors (Lipinski definition) is 2. The zero-order chi connectivity index (χ0) is 13.8. The van der Waals surface area contributed by atoms with Crippen LogP contribution < -0.4 is 10.6 Å². The van der Waals surface area contributed by atoms with Gasteiger partial charge in [0.25, 0.3) is 0 Å². The maximum Gasteiger partial charge on any atom is 0.225 e. The number of nitrogens with zero attached hydrogens (tertiary/aromatic N) is 1. The predicted octanol–water partition coefficient (Wildman–Crippen LogP) is 0.987. The maximum atomic E-state index is 11.9. The van der Waals surface area contributed by atoms with Crippen LogP contribution in [-0.4, -0.2) is 43.0 Å². The number of hydrogen-bond acceptors (Lipinski definition) is 3. The van der Waals surface area contributed by atoms with Crippen molar-refractivity contribution < 1.29 is 4.79 Å². The molecule has 0 bridgehead atoms. The van der Waals surface area contributed by atoms with Crippen LogP contribution in [0.1, 0.15) is 18.4 Å². The van der Waals surface area contributed by atoms with Gasteiger partial charge >= 0.3 is 0 Å². The summed E-state index contributed by atoms with van der Waals surface area (Å²) >= 11 is 0. The summed E-state index contributed by atoms with van der Waals surface area (Å²) in [7, 11) is 0. The summed E-state index contributed by atoms with van der Waals surface area (Å²) in [5.41, 5.74) is 1.37. The van der Waals surface area contributed by atoms with E-state index >= 15 is 0 Å². The van der Waals surface area contributed by atoms with E-state index in [0.29, 0.717) is 6.04 Å². The molecular formula is C16H23N3O. The van der Waals surface area contributed by atoms with Gasteiger partial charge in [-0.05, 0) is 18.4 Å². The fourth-order valence-corrected chi connectivity index (χ4v) is 2.87.